The Morgan fingerprint density at radius 1 is 1.00 bits per heavy atom. The molecule has 26 heavy (non-hydrogen) atoms. The van der Waals surface area contributed by atoms with Gasteiger partial charge in [-0.2, -0.15) is 18.3 Å². The molecule has 142 valence electrons. The van der Waals surface area contributed by atoms with Crippen molar-refractivity contribution in [2.75, 3.05) is 38.1 Å². The van der Waals surface area contributed by atoms with Crippen molar-refractivity contribution in [2.24, 2.45) is 7.05 Å². The van der Waals surface area contributed by atoms with Gasteiger partial charge in [0.05, 0.1) is 17.5 Å². The molecule has 0 atom stereocenters. The predicted octanol–water partition coefficient (Wildman–Crippen LogP) is 1.27. The van der Waals surface area contributed by atoms with E-state index in [9.17, 15) is 13.2 Å². The zero-order chi connectivity index (χ0) is 18.7. The van der Waals surface area contributed by atoms with Crippen molar-refractivity contribution in [1.82, 2.24) is 30.0 Å². The van der Waals surface area contributed by atoms with Crippen molar-refractivity contribution in [3.8, 4) is 0 Å². The third-order valence-electron chi connectivity index (χ3n) is 4.47. The largest absolute Gasteiger partial charge is 0.419 e. The van der Waals surface area contributed by atoms with Gasteiger partial charge in [0.2, 0.25) is 5.95 Å². The predicted molar refractivity (Wildman–Crippen MR) is 90.5 cm³/mol. The molecule has 3 rings (SSSR count). The summed E-state index contributed by atoms with van der Waals surface area (Å²) in [6, 6.07) is 0. The maximum atomic E-state index is 12.9. The fraction of sp³-hybridized carbons (Fsp3) is 0.562. The van der Waals surface area contributed by atoms with E-state index in [1.54, 1.807) is 12.4 Å². The average Bonchev–Trinajstić information content (AvgIpc) is 2.97. The van der Waals surface area contributed by atoms with Gasteiger partial charge in [-0.05, 0) is 7.05 Å². The number of piperazine rings is 1. The van der Waals surface area contributed by atoms with Gasteiger partial charge in [0, 0.05) is 64.3 Å². The molecule has 0 unspecified atom stereocenters. The molecule has 1 aliphatic heterocycles. The molecular weight excluding hydrogens is 347 g/mol. The van der Waals surface area contributed by atoms with Crippen LogP contribution in [0.3, 0.4) is 0 Å². The van der Waals surface area contributed by atoms with E-state index in [2.05, 4.69) is 37.2 Å². The van der Waals surface area contributed by atoms with Crippen LogP contribution in [-0.4, -0.2) is 57.9 Å². The Balaban J connectivity index is 1.55. The van der Waals surface area contributed by atoms with Crippen LogP contribution in [0.5, 0.6) is 0 Å². The molecule has 7 nitrogen and oxygen atoms in total. The van der Waals surface area contributed by atoms with Gasteiger partial charge in [-0.1, -0.05) is 0 Å². The lowest BCUT2D eigenvalue weighted by Gasteiger charge is -2.32. The summed E-state index contributed by atoms with van der Waals surface area (Å²) in [5, 5.41) is 6.70. The Morgan fingerprint density at radius 3 is 2.27 bits per heavy atom. The molecular formula is C16H22F3N7. The summed E-state index contributed by atoms with van der Waals surface area (Å²) in [5.74, 6) is 0.688. The average molecular weight is 369 g/mol. The number of halogens is 3. The Hall–Kier alpha value is -2.20. The van der Waals surface area contributed by atoms with Crippen molar-refractivity contribution >= 4 is 5.95 Å². The first kappa shape index (κ1) is 18.6. The van der Waals surface area contributed by atoms with Gasteiger partial charge in [0.15, 0.2) is 0 Å². The highest BCUT2D eigenvalue weighted by atomic mass is 19.4. The number of aryl methyl sites for hydroxylation is 1. The van der Waals surface area contributed by atoms with Crippen LogP contribution in [0.25, 0.3) is 0 Å². The van der Waals surface area contributed by atoms with E-state index in [1.165, 1.54) is 11.7 Å². The normalized spacial score (nSPS) is 16.3. The Kier molecular flexibility index (Phi) is 5.42. The zero-order valence-electron chi connectivity index (χ0n) is 14.8. The molecule has 3 heterocycles. The molecule has 10 heteroatoms. The number of likely N-dealkylation sites (N-methyl/N-ethyl adjacent to an activating group) is 1. The summed E-state index contributed by atoms with van der Waals surface area (Å²) < 4.78 is 40.1. The summed E-state index contributed by atoms with van der Waals surface area (Å²) >= 11 is 0. The number of nitrogens with one attached hydrogen (secondary N) is 1. The molecule has 1 fully saturated rings. The van der Waals surface area contributed by atoms with Crippen LogP contribution in [0.4, 0.5) is 19.1 Å². The monoisotopic (exact) mass is 369 g/mol. The van der Waals surface area contributed by atoms with Crippen molar-refractivity contribution in [3.05, 3.63) is 35.4 Å². The van der Waals surface area contributed by atoms with Crippen LogP contribution in [0.2, 0.25) is 0 Å². The molecule has 2 aromatic rings. The van der Waals surface area contributed by atoms with Gasteiger partial charge in [-0.15, -0.1) is 0 Å². The van der Waals surface area contributed by atoms with Crippen LogP contribution < -0.4 is 10.2 Å². The van der Waals surface area contributed by atoms with Crippen LogP contribution in [0, 0.1) is 0 Å². The van der Waals surface area contributed by atoms with Crippen molar-refractivity contribution < 1.29 is 13.2 Å². The molecule has 0 radical (unpaired) electrons. The second kappa shape index (κ2) is 7.58. The summed E-state index contributed by atoms with van der Waals surface area (Å²) in [6.45, 7) is 4.15. The van der Waals surface area contributed by atoms with Crippen molar-refractivity contribution in [2.45, 2.75) is 19.3 Å². The zero-order valence-corrected chi connectivity index (χ0v) is 14.8. The number of anilines is 1. The molecule has 1 saturated heterocycles. The molecule has 0 spiro atoms. The minimum atomic E-state index is -4.40. The Bertz CT molecular complexity index is 718. The SMILES string of the molecule is CN1CCN(c2ncc(CNCc3c(C(F)(F)F)cnn3C)cn2)CC1. The second-order valence-corrected chi connectivity index (χ2v) is 6.41. The topological polar surface area (TPSA) is 62.1 Å². The lowest BCUT2D eigenvalue weighted by Crippen LogP contribution is -2.45. The standard InChI is InChI=1S/C16H22F3N7/c1-24-3-5-26(6-4-24)15-21-8-12(9-22-15)7-20-11-14-13(16(17,18)19)10-23-25(14)2/h8-10,20H,3-7,11H2,1-2H3. The van der Waals surface area contributed by atoms with Gasteiger partial charge in [-0.3, -0.25) is 4.68 Å². The van der Waals surface area contributed by atoms with Crippen LogP contribution in [0.1, 0.15) is 16.8 Å². The Morgan fingerprint density at radius 2 is 1.65 bits per heavy atom. The maximum Gasteiger partial charge on any atom is 0.419 e. The fourth-order valence-corrected chi connectivity index (χ4v) is 2.84. The summed E-state index contributed by atoms with van der Waals surface area (Å²) in [6.07, 6.45) is -0.132. The van der Waals surface area contributed by atoms with E-state index in [-0.39, 0.29) is 12.2 Å². The number of alkyl halides is 3. The van der Waals surface area contributed by atoms with Crippen LogP contribution >= 0.6 is 0 Å². The third kappa shape index (κ3) is 4.31. The number of rotatable bonds is 5. The lowest BCUT2D eigenvalue weighted by atomic mass is 10.2. The number of hydrogen-bond donors (Lipinski definition) is 1. The molecule has 0 aromatic carbocycles. The van der Waals surface area contributed by atoms with Crippen LogP contribution in [-0.2, 0) is 26.3 Å². The molecule has 2 aromatic heterocycles. The minimum Gasteiger partial charge on any atom is -0.338 e. The first-order chi connectivity index (χ1) is 12.3. The number of aromatic nitrogens is 4. The highest BCUT2D eigenvalue weighted by Gasteiger charge is 2.35. The van der Waals surface area contributed by atoms with Gasteiger partial charge < -0.3 is 15.1 Å². The number of hydrogen-bond acceptors (Lipinski definition) is 6. The second-order valence-electron chi connectivity index (χ2n) is 6.41. The molecule has 0 aliphatic carbocycles. The first-order valence-corrected chi connectivity index (χ1v) is 8.38. The van der Waals surface area contributed by atoms with E-state index in [0.29, 0.717) is 12.5 Å². The van der Waals surface area contributed by atoms with Gasteiger partial charge >= 0.3 is 6.18 Å². The Labute approximate surface area is 149 Å². The fourth-order valence-electron chi connectivity index (χ4n) is 2.84. The van der Waals surface area contributed by atoms with E-state index in [0.717, 1.165) is 37.9 Å². The van der Waals surface area contributed by atoms with E-state index in [1.807, 2.05) is 0 Å². The van der Waals surface area contributed by atoms with Gasteiger partial charge in [0.25, 0.3) is 0 Å². The lowest BCUT2D eigenvalue weighted by molar-refractivity contribution is -0.138. The summed E-state index contributed by atoms with van der Waals surface area (Å²) in [7, 11) is 3.58. The molecule has 1 aliphatic rings. The maximum absolute atomic E-state index is 12.9. The van der Waals surface area contributed by atoms with E-state index >= 15 is 0 Å². The molecule has 0 bridgehead atoms. The quantitative estimate of drug-likeness (QED) is 0.857. The van der Waals surface area contributed by atoms with Crippen molar-refractivity contribution in [3.63, 3.8) is 0 Å². The summed E-state index contributed by atoms with van der Waals surface area (Å²) in [5.41, 5.74) is 0.209. The first-order valence-electron chi connectivity index (χ1n) is 8.38. The van der Waals surface area contributed by atoms with Gasteiger partial charge in [-0.25, -0.2) is 9.97 Å². The minimum absolute atomic E-state index is 0.0611. The molecule has 0 saturated carbocycles. The smallest absolute Gasteiger partial charge is 0.338 e. The van der Waals surface area contributed by atoms with Gasteiger partial charge in [0.1, 0.15) is 0 Å². The molecule has 0 amide bonds. The van der Waals surface area contributed by atoms with Crippen LogP contribution in [0.15, 0.2) is 18.6 Å². The third-order valence-corrected chi connectivity index (χ3v) is 4.47. The van der Waals surface area contributed by atoms with E-state index in [4.69, 9.17) is 0 Å². The number of nitrogens with zero attached hydrogens (tertiary/aromatic N) is 6. The highest BCUT2D eigenvalue weighted by molar-refractivity contribution is 5.30. The van der Waals surface area contributed by atoms with E-state index < -0.39 is 11.7 Å². The highest BCUT2D eigenvalue weighted by Crippen LogP contribution is 2.31. The summed E-state index contributed by atoms with van der Waals surface area (Å²) in [4.78, 5) is 13.1. The molecule has 1 N–H and O–H groups in total. The van der Waals surface area contributed by atoms with Crippen molar-refractivity contribution in [1.29, 1.82) is 0 Å².